The first-order valence-corrected chi connectivity index (χ1v) is 20.3. The topological polar surface area (TPSA) is 413 Å². The number of carboxylic acid groups (broad SMARTS) is 1. The van der Waals surface area contributed by atoms with Gasteiger partial charge in [-0.1, -0.05) is 18.2 Å². The molecule has 0 aliphatic rings. The number of aliphatic hydroxyl groups is 5. The quantitative estimate of drug-likeness (QED) is 0.0390. The number of amides is 8. The summed E-state index contributed by atoms with van der Waals surface area (Å²) in [5, 5.41) is 76.9. The maximum Gasteiger partial charge on any atom is 0.322 e. The van der Waals surface area contributed by atoms with Gasteiger partial charge in [-0.2, -0.15) is 25.3 Å². The number of aliphatic carboxylic acids is 1. The van der Waals surface area contributed by atoms with Gasteiger partial charge in [-0.05, 0) is 31.9 Å². The largest absolute Gasteiger partial charge is 0.480 e. The lowest BCUT2D eigenvalue weighted by Crippen LogP contribution is -2.63. The highest BCUT2D eigenvalue weighted by molar-refractivity contribution is 7.80. The number of thiol groups is 2. The number of nitrogens with two attached hydrogens (primary N) is 1. The molecule has 1 aromatic heterocycles. The maximum atomic E-state index is 13.2. The number of nitrogens with one attached hydrogen (secondary N) is 9. The molecular formula is C36H54N10O15S2. The number of carboxylic acids is 1. The molecule has 2 aromatic rings. The van der Waals surface area contributed by atoms with E-state index < -0.39 is 146 Å². The molecule has 17 N–H and O–H groups in total. The van der Waals surface area contributed by atoms with Crippen molar-refractivity contribution in [3.8, 4) is 0 Å². The molecule has 10 atom stereocenters. The molecule has 0 spiro atoms. The molecule has 25 nitrogen and oxygen atoms in total. The second-order valence-corrected chi connectivity index (χ2v) is 14.7. The van der Waals surface area contributed by atoms with Crippen molar-refractivity contribution in [2.75, 3.05) is 37.9 Å². The van der Waals surface area contributed by atoms with Gasteiger partial charge in [-0.3, -0.25) is 43.2 Å². The van der Waals surface area contributed by atoms with Crippen LogP contribution in [0.2, 0.25) is 0 Å². The highest BCUT2D eigenvalue weighted by Crippen LogP contribution is 2.19. The number of carbonyl (C=O) groups excluding carboxylic acids is 8. The molecule has 0 saturated carbocycles. The number of hydrogen-bond donors (Lipinski definition) is 18. The number of benzene rings is 1. The van der Waals surface area contributed by atoms with Crippen LogP contribution >= 0.6 is 25.3 Å². The number of carbonyl (C=O) groups is 9. The van der Waals surface area contributed by atoms with Crippen molar-refractivity contribution in [1.29, 1.82) is 0 Å². The lowest BCUT2D eigenvalue weighted by atomic mass is 10.0. The van der Waals surface area contributed by atoms with Gasteiger partial charge in [-0.25, -0.2) is 0 Å². The van der Waals surface area contributed by atoms with Crippen LogP contribution in [0, 0.1) is 0 Å². The van der Waals surface area contributed by atoms with Crippen LogP contribution in [-0.2, 0) is 49.6 Å². The average molecular weight is 931 g/mol. The smallest absolute Gasteiger partial charge is 0.322 e. The van der Waals surface area contributed by atoms with Gasteiger partial charge in [0.25, 0.3) is 0 Å². The number of aliphatic hydroxyl groups excluding tert-OH is 5. The summed E-state index contributed by atoms with van der Waals surface area (Å²) in [5.74, 6) is -11.0. The summed E-state index contributed by atoms with van der Waals surface area (Å²) < 4.78 is 0. The van der Waals surface area contributed by atoms with E-state index in [1.165, 1.54) is 6.92 Å². The van der Waals surface area contributed by atoms with Crippen molar-refractivity contribution in [3.63, 3.8) is 0 Å². The first-order valence-electron chi connectivity index (χ1n) is 19.1. The number of H-pyrrole nitrogens is 1. The Morgan fingerprint density at radius 1 is 0.603 bits per heavy atom. The molecule has 1 aromatic carbocycles. The number of para-hydroxylation sites is 1. The third-order valence-electron chi connectivity index (χ3n) is 9.07. The molecule has 2 rings (SSSR count). The van der Waals surface area contributed by atoms with Crippen LogP contribution < -0.4 is 48.3 Å². The van der Waals surface area contributed by atoms with Gasteiger partial charge < -0.3 is 83.9 Å². The number of hydrogen-bond acceptors (Lipinski definition) is 17. The molecule has 63 heavy (non-hydrogen) atoms. The summed E-state index contributed by atoms with van der Waals surface area (Å²) in [5.41, 5.74) is 7.62. The Kier molecular flexibility index (Phi) is 22.3. The minimum atomic E-state index is -1.88. The molecule has 1 heterocycles. The summed E-state index contributed by atoms with van der Waals surface area (Å²) in [6, 6.07) is -5.84. The van der Waals surface area contributed by atoms with E-state index in [2.05, 4.69) is 67.5 Å². The van der Waals surface area contributed by atoms with Crippen LogP contribution in [0.1, 0.15) is 19.4 Å². The van der Waals surface area contributed by atoms with Crippen molar-refractivity contribution in [2.45, 2.75) is 80.8 Å². The van der Waals surface area contributed by atoms with E-state index in [9.17, 15) is 68.7 Å². The number of fused-ring (bicyclic) bond motifs is 1. The summed E-state index contributed by atoms with van der Waals surface area (Å²) in [7, 11) is 0. The van der Waals surface area contributed by atoms with Gasteiger partial charge in [0, 0.05) is 28.6 Å². The minimum absolute atomic E-state index is 0.0565. The van der Waals surface area contributed by atoms with Gasteiger partial charge in [0.05, 0.1) is 38.1 Å². The molecular weight excluding hydrogens is 877 g/mol. The third kappa shape index (κ3) is 16.3. The van der Waals surface area contributed by atoms with E-state index in [-0.39, 0.29) is 12.2 Å². The number of aromatic nitrogens is 1. The van der Waals surface area contributed by atoms with Crippen LogP contribution in [0.15, 0.2) is 30.5 Å². The molecule has 0 aliphatic heterocycles. The predicted octanol–water partition coefficient (Wildman–Crippen LogP) is -7.77. The summed E-state index contributed by atoms with van der Waals surface area (Å²) in [6.45, 7) is -1.75. The van der Waals surface area contributed by atoms with Crippen LogP contribution in [0.25, 0.3) is 10.9 Å². The molecule has 350 valence electrons. The average Bonchev–Trinajstić information content (AvgIpc) is 3.65. The van der Waals surface area contributed by atoms with E-state index in [4.69, 9.17) is 10.8 Å². The normalized spacial score (nSPS) is 15.9. The molecule has 8 amide bonds. The molecule has 0 radical (unpaired) electrons. The van der Waals surface area contributed by atoms with E-state index in [0.717, 1.165) is 17.8 Å². The zero-order chi connectivity index (χ0) is 47.6. The molecule has 0 bridgehead atoms. The Morgan fingerprint density at radius 3 is 1.44 bits per heavy atom. The van der Waals surface area contributed by atoms with Crippen molar-refractivity contribution in [2.24, 2.45) is 5.73 Å². The molecule has 27 heteroatoms. The van der Waals surface area contributed by atoms with E-state index in [0.29, 0.717) is 5.56 Å². The highest BCUT2D eigenvalue weighted by atomic mass is 32.1. The molecule has 0 fully saturated rings. The van der Waals surface area contributed by atoms with Gasteiger partial charge in [0.1, 0.15) is 48.8 Å². The second-order valence-electron chi connectivity index (χ2n) is 14.0. The van der Waals surface area contributed by atoms with Crippen LogP contribution in [-0.4, -0.2) is 187 Å². The van der Waals surface area contributed by atoms with Gasteiger partial charge in [0.15, 0.2) is 0 Å². The number of aromatic amines is 1. The van der Waals surface area contributed by atoms with Gasteiger partial charge >= 0.3 is 5.97 Å². The van der Waals surface area contributed by atoms with E-state index in [1.54, 1.807) is 12.3 Å². The third-order valence-corrected chi connectivity index (χ3v) is 9.80. The van der Waals surface area contributed by atoms with Crippen molar-refractivity contribution in [1.82, 2.24) is 47.5 Å². The Bertz CT molecular complexity index is 1940. The zero-order valence-corrected chi connectivity index (χ0v) is 35.7. The molecule has 10 unspecified atom stereocenters. The first-order chi connectivity index (χ1) is 29.7. The van der Waals surface area contributed by atoms with Crippen LogP contribution in [0.3, 0.4) is 0 Å². The standard InChI is InChI=1S/C36H54N10O15S2/c1-15(50)27(45-29(54)19(37)7-17-8-38-20-6-4-3-5-18(17)20)35(60)41-22(11-48)32(57)44-25(14-63)34(59)40-23(12-49)33(58)46-28(16(2)51)36(61)42-21(10-47)31(56)43-24(13-62)30(55)39-9-26(52)53/h3-6,8,15-16,19,21-25,27-28,38,47-51,62-63H,7,9-14,37H2,1-2H3,(H,39,55)(H,40,59)(H,41,60)(H,42,61)(H,43,56)(H,44,57)(H,45,54)(H,46,58)(H,52,53). The second kappa shape index (κ2) is 26.2. The monoisotopic (exact) mass is 930 g/mol. The predicted molar refractivity (Wildman–Crippen MR) is 226 cm³/mol. The van der Waals surface area contributed by atoms with Crippen molar-refractivity contribution < 1.29 is 73.8 Å². The van der Waals surface area contributed by atoms with Gasteiger partial charge in [-0.15, -0.1) is 0 Å². The van der Waals surface area contributed by atoms with Gasteiger partial charge in [0.2, 0.25) is 47.3 Å². The first kappa shape index (κ1) is 53.6. The number of rotatable bonds is 26. The van der Waals surface area contributed by atoms with Crippen molar-refractivity contribution in [3.05, 3.63) is 36.0 Å². The highest BCUT2D eigenvalue weighted by Gasteiger charge is 2.36. The van der Waals surface area contributed by atoms with Crippen molar-refractivity contribution >= 4 is 89.4 Å². The summed E-state index contributed by atoms with van der Waals surface area (Å²) >= 11 is 7.94. The Morgan fingerprint density at radius 2 is 1.00 bits per heavy atom. The van der Waals surface area contributed by atoms with E-state index >= 15 is 0 Å². The fourth-order valence-corrected chi connectivity index (χ4v) is 6.07. The summed E-state index contributed by atoms with van der Waals surface area (Å²) in [4.78, 5) is 117. The Hall–Kier alpha value is -5.55. The fourth-order valence-electron chi connectivity index (χ4n) is 5.55. The molecule has 0 aliphatic carbocycles. The lowest BCUT2D eigenvalue weighted by Gasteiger charge is -2.27. The molecule has 0 saturated heterocycles. The van der Waals surface area contributed by atoms with Crippen LogP contribution in [0.5, 0.6) is 0 Å². The minimum Gasteiger partial charge on any atom is -0.480 e. The zero-order valence-electron chi connectivity index (χ0n) is 33.9. The summed E-state index contributed by atoms with van der Waals surface area (Å²) in [6.07, 6.45) is -1.48. The maximum absolute atomic E-state index is 13.2. The SMILES string of the molecule is CC(O)C(NC(=O)C(N)Cc1c[nH]c2ccccc12)C(=O)NC(CO)C(=O)NC(CS)C(=O)NC(CO)C(=O)NC(C(=O)NC(CO)C(=O)NC(CS)C(=O)NCC(=O)O)C(C)O. The lowest BCUT2D eigenvalue weighted by molar-refractivity contribution is -0.139. The Labute approximate surface area is 370 Å². The Balaban J connectivity index is 2.04. The van der Waals surface area contributed by atoms with E-state index in [1.807, 2.05) is 23.5 Å². The fraction of sp³-hybridized carbons (Fsp3) is 0.528. The van der Waals surface area contributed by atoms with Crippen LogP contribution in [0.4, 0.5) is 0 Å².